The van der Waals surface area contributed by atoms with Gasteiger partial charge in [-0.1, -0.05) is 25.0 Å². The minimum absolute atomic E-state index is 0.00630. The average molecular weight is 373 g/mol. The van der Waals surface area contributed by atoms with E-state index in [4.69, 9.17) is 9.47 Å². The van der Waals surface area contributed by atoms with E-state index < -0.39 is 12.6 Å². The van der Waals surface area contributed by atoms with Gasteiger partial charge in [-0.25, -0.2) is 0 Å². The van der Waals surface area contributed by atoms with Gasteiger partial charge in [0.2, 0.25) is 17.6 Å². The molecule has 3 rings (SSSR count). The number of hydrogen-bond donors (Lipinski definition) is 0. The van der Waals surface area contributed by atoms with Crippen LogP contribution in [-0.2, 0) is 19.1 Å². The van der Waals surface area contributed by atoms with Crippen LogP contribution < -0.4 is 4.74 Å². The van der Waals surface area contributed by atoms with Crippen LogP contribution in [-0.4, -0.2) is 48.7 Å². The van der Waals surface area contributed by atoms with Crippen molar-refractivity contribution in [2.75, 3.05) is 20.3 Å². The number of amides is 2. The first kappa shape index (κ1) is 19.1. The number of Topliss-reactive ketones (excluding diaryl/α,β-unsaturated/α-hetero) is 1. The predicted octanol–water partition coefficient (Wildman–Crippen LogP) is 1.99. The molecule has 2 amide bonds. The zero-order valence-corrected chi connectivity index (χ0v) is 15.3. The molecule has 1 aromatic rings. The highest BCUT2D eigenvalue weighted by atomic mass is 16.5. The Bertz CT molecular complexity index is 735. The second-order valence-corrected chi connectivity index (χ2v) is 6.86. The molecule has 1 heterocycles. The van der Waals surface area contributed by atoms with E-state index in [1.807, 2.05) is 0 Å². The number of nitrogens with zero attached hydrogens (tertiary/aromatic N) is 1. The summed E-state index contributed by atoms with van der Waals surface area (Å²) in [6.45, 7) is -0.404. The molecule has 0 radical (unpaired) electrons. The van der Waals surface area contributed by atoms with Gasteiger partial charge in [-0.2, -0.15) is 0 Å². The first-order chi connectivity index (χ1) is 13.0. The molecule has 7 nitrogen and oxygen atoms in total. The summed E-state index contributed by atoms with van der Waals surface area (Å²) < 4.78 is 10.1. The third-order valence-electron chi connectivity index (χ3n) is 5.24. The molecule has 1 aromatic carbocycles. The molecular weight excluding hydrogens is 350 g/mol. The molecule has 0 aromatic heterocycles. The van der Waals surface area contributed by atoms with Crippen LogP contribution >= 0.6 is 0 Å². The van der Waals surface area contributed by atoms with Crippen molar-refractivity contribution in [3.05, 3.63) is 29.8 Å². The Balaban J connectivity index is 1.49. The van der Waals surface area contributed by atoms with E-state index in [1.165, 1.54) is 12.0 Å². The summed E-state index contributed by atoms with van der Waals surface area (Å²) in [5, 5.41) is 0. The molecule has 1 aliphatic carbocycles. The van der Waals surface area contributed by atoms with E-state index in [0.29, 0.717) is 11.3 Å². The van der Waals surface area contributed by atoms with Gasteiger partial charge < -0.3 is 9.47 Å². The van der Waals surface area contributed by atoms with E-state index in [2.05, 4.69) is 0 Å². The number of carbonyl (C=O) groups is 4. The highest BCUT2D eigenvalue weighted by molar-refractivity contribution is 6.05. The fourth-order valence-corrected chi connectivity index (χ4v) is 3.83. The van der Waals surface area contributed by atoms with Crippen LogP contribution in [0.5, 0.6) is 5.75 Å². The highest BCUT2D eigenvalue weighted by Crippen LogP contribution is 2.37. The van der Waals surface area contributed by atoms with Crippen LogP contribution in [0.2, 0.25) is 0 Å². The first-order valence-corrected chi connectivity index (χ1v) is 9.20. The van der Waals surface area contributed by atoms with Crippen molar-refractivity contribution in [2.45, 2.75) is 32.1 Å². The van der Waals surface area contributed by atoms with E-state index >= 15 is 0 Å². The van der Waals surface area contributed by atoms with Crippen molar-refractivity contribution < 1.29 is 28.7 Å². The number of benzene rings is 1. The Morgan fingerprint density at radius 3 is 2.33 bits per heavy atom. The molecule has 2 atom stereocenters. The number of carbonyl (C=O) groups excluding carboxylic acids is 4. The summed E-state index contributed by atoms with van der Waals surface area (Å²) in [5.74, 6) is -1.39. The van der Waals surface area contributed by atoms with Crippen LogP contribution in [0.1, 0.15) is 42.5 Å². The number of likely N-dealkylation sites (tertiary alicyclic amines) is 1. The fraction of sp³-hybridized carbons (Fsp3) is 0.500. The number of hydrogen-bond acceptors (Lipinski definition) is 6. The van der Waals surface area contributed by atoms with E-state index in [-0.39, 0.29) is 42.4 Å². The number of rotatable bonds is 7. The SMILES string of the molecule is COc1ccccc1C(=O)COC(=O)CCN1C(=O)C2CCCCC2C1=O. The zero-order chi connectivity index (χ0) is 19.4. The summed E-state index contributed by atoms with van der Waals surface area (Å²) in [7, 11) is 1.46. The quantitative estimate of drug-likeness (QED) is 0.412. The molecule has 1 saturated carbocycles. The first-order valence-electron chi connectivity index (χ1n) is 9.20. The lowest BCUT2D eigenvalue weighted by molar-refractivity contribution is -0.145. The molecule has 0 spiro atoms. The van der Waals surface area contributed by atoms with E-state index in [1.54, 1.807) is 24.3 Å². The fourth-order valence-electron chi connectivity index (χ4n) is 3.83. The number of para-hydroxylation sites is 1. The Morgan fingerprint density at radius 2 is 1.70 bits per heavy atom. The van der Waals surface area contributed by atoms with Crippen molar-refractivity contribution in [1.29, 1.82) is 0 Å². The van der Waals surface area contributed by atoms with Crippen molar-refractivity contribution in [2.24, 2.45) is 11.8 Å². The van der Waals surface area contributed by atoms with E-state index in [9.17, 15) is 19.2 Å². The Morgan fingerprint density at radius 1 is 1.07 bits per heavy atom. The van der Waals surface area contributed by atoms with E-state index in [0.717, 1.165) is 25.7 Å². The highest BCUT2D eigenvalue weighted by Gasteiger charge is 2.47. The Kier molecular flexibility index (Phi) is 5.88. The summed E-state index contributed by atoms with van der Waals surface area (Å²) in [4.78, 5) is 50.1. The second-order valence-electron chi connectivity index (χ2n) is 6.86. The van der Waals surface area contributed by atoms with Crippen LogP contribution in [0.3, 0.4) is 0 Å². The van der Waals surface area contributed by atoms with Gasteiger partial charge in [-0.15, -0.1) is 0 Å². The molecule has 2 fully saturated rings. The lowest BCUT2D eigenvalue weighted by atomic mass is 9.81. The van der Waals surface area contributed by atoms with Gasteiger partial charge in [0.15, 0.2) is 6.61 Å². The molecule has 7 heteroatoms. The summed E-state index contributed by atoms with van der Waals surface area (Å²) in [6.07, 6.45) is 3.28. The molecule has 27 heavy (non-hydrogen) atoms. The largest absolute Gasteiger partial charge is 0.496 e. The number of imide groups is 1. The lowest BCUT2D eigenvalue weighted by Crippen LogP contribution is -2.33. The normalized spacial score (nSPS) is 21.7. The molecule has 0 bridgehead atoms. The average Bonchev–Trinajstić information content (AvgIpc) is 2.95. The van der Waals surface area contributed by atoms with Crippen molar-refractivity contribution in [1.82, 2.24) is 4.90 Å². The number of methoxy groups -OCH3 is 1. The molecule has 2 aliphatic rings. The number of fused-ring (bicyclic) bond motifs is 1. The summed E-state index contributed by atoms with van der Waals surface area (Å²) in [5.41, 5.74) is 0.335. The third-order valence-corrected chi connectivity index (χ3v) is 5.24. The van der Waals surface area contributed by atoms with Crippen molar-refractivity contribution in [3.8, 4) is 5.75 Å². The topological polar surface area (TPSA) is 90.0 Å². The second kappa shape index (κ2) is 8.33. The smallest absolute Gasteiger partial charge is 0.308 e. The maximum absolute atomic E-state index is 12.4. The molecule has 144 valence electrons. The van der Waals surface area contributed by atoms with Crippen molar-refractivity contribution >= 4 is 23.6 Å². The van der Waals surface area contributed by atoms with Gasteiger partial charge in [0.05, 0.1) is 30.9 Å². The minimum Gasteiger partial charge on any atom is -0.496 e. The maximum Gasteiger partial charge on any atom is 0.308 e. The number of esters is 1. The maximum atomic E-state index is 12.4. The number of ketones is 1. The molecule has 2 unspecified atom stereocenters. The molecule has 1 saturated heterocycles. The van der Waals surface area contributed by atoms with Gasteiger partial charge in [0, 0.05) is 6.54 Å². The van der Waals surface area contributed by atoms with Gasteiger partial charge in [0.1, 0.15) is 5.75 Å². The van der Waals surface area contributed by atoms with Gasteiger partial charge in [-0.05, 0) is 25.0 Å². The lowest BCUT2D eigenvalue weighted by Gasteiger charge is -2.19. The summed E-state index contributed by atoms with van der Waals surface area (Å²) >= 11 is 0. The van der Waals surface area contributed by atoms with Gasteiger partial charge >= 0.3 is 5.97 Å². The standard InChI is InChI=1S/C20H23NO6/c1-26-17-9-5-4-8-15(17)16(22)12-27-18(23)10-11-21-19(24)13-6-2-3-7-14(13)20(21)25/h4-5,8-9,13-14H,2-3,6-7,10-12H2,1H3. The van der Waals surface area contributed by atoms with Crippen LogP contribution in [0.15, 0.2) is 24.3 Å². The molecular formula is C20H23NO6. The Hall–Kier alpha value is -2.70. The summed E-state index contributed by atoms with van der Waals surface area (Å²) in [6, 6.07) is 6.68. The van der Waals surface area contributed by atoms with Gasteiger partial charge in [-0.3, -0.25) is 24.1 Å². The van der Waals surface area contributed by atoms with Crippen LogP contribution in [0.25, 0.3) is 0 Å². The minimum atomic E-state index is -0.617. The van der Waals surface area contributed by atoms with Crippen LogP contribution in [0, 0.1) is 11.8 Å². The molecule has 0 N–H and O–H groups in total. The predicted molar refractivity (Wildman–Crippen MR) is 95.1 cm³/mol. The Labute approximate surface area is 157 Å². The number of ether oxygens (including phenoxy) is 2. The van der Waals surface area contributed by atoms with Crippen LogP contribution in [0.4, 0.5) is 0 Å². The van der Waals surface area contributed by atoms with Gasteiger partial charge in [0.25, 0.3) is 0 Å². The van der Waals surface area contributed by atoms with Crippen molar-refractivity contribution in [3.63, 3.8) is 0 Å². The third kappa shape index (κ3) is 4.02. The zero-order valence-electron chi connectivity index (χ0n) is 15.3. The molecule has 1 aliphatic heterocycles. The monoisotopic (exact) mass is 373 g/mol.